The van der Waals surface area contributed by atoms with Gasteiger partial charge in [-0.25, -0.2) is 13.6 Å². The summed E-state index contributed by atoms with van der Waals surface area (Å²) < 4.78 is 31.8. The number of para-hydroxylation sites is 1. The van der Waals surface area contributed by atoms with Crippen LogP contribution >= 0.6 is 0 Å². The summed E-state index contributed by atoms with van der Waals surface area (Å²) in [5, 5.41) is 11.7. The second-order valence-corrected chi connectivity index (χ2v) is 5.56. The third kappa shape index (κ3) is 4.03. The van der Waals surface area contributed by atoms with Gasteiger partial charge in [0, 0.05) is 11.3 Å². The number of H-pyrrole nitrogens is 1. The molecule has 2 aromatic rings. The largest absolute Gasteiger partial charge is 0.451 e. The third-order valence-corrected chi connectivity index (χ3v) is 3.68. The first-order chi connectivity index (χ1) is 11.7. The van der Waals surface area contributed by atoms with Crippen LogP contribution in [0.5, 0.6) is 0 Å². The van der Waals surface area contributed by atoms with Crippen LogP contribution in [0.25, 0.3) is 0 Å². The van der Waals surface area contributed by atoms with Crippen molar-refractivity contribution in [2.45, 2.75) is 26.9 Å². The molecule has 0 aliphatic carbocycles. The number of carbonyl (C=O) groups excluding carboxylic acids is 2. The number of aliphatic hydroxyl groups excluding tert-OH is 1. The summed E-state index contributed by atoms with van der Waals surface area (Å²) in [5.74, 6) is -3.56. The summed E-state index contributed by atoms with van der Waals surface area (Å²) in [6.45, 7) is 4.18. The monoisotopic (exact) mass is 352 g/mol. The predicted octanol–water partition coefficient (Wildman–Crippen LogP) is 2.76. The fourth-order valence-corrected chi connectivity index (χ4v) is 2.59. The molecule has 2 rings (SSSR count). The van der Waals surface area contributed by atoms with Crippen molar-refractivity contribution in [2.75, 3.05) is 11.9 Å². The van der Waals surface area contributed by atoms with Crippen LogP contribution in [0.15, 0.2) is 18.2 Å². The molecule has 0 aliphatic rings. The Kier molecular flexibility index (Phi) is 5.53. The molecule has 6 nitrogen and oxygen atoms in total. The van der Waals surface area contributed by atoms with E-state index in [1.807, 2.05) is 5.32 Å². The molecule has 1 heterocycles. The predicted molar refractivity (Wildman–Crippen MR) is 86.2 cm³/mol. The topological polar surface area (TPSA) is 91.4 Å². The van der Waals surface area contributed by atoms with Gasteiger partial charge in [0.2, 0.25) is 0 Å². The number of aliphatic hydroxyl groups is 1. The molecule has 1 aromatic carbocycles. The second-order valence-electron chi connectivity index (χ2n) is 5.56. The number of aromatic nitrogens is 1. The van der Waals surface area contributed by atoms with Crippen LogP contribution in [-0.2, 0) is 9.53 Å². The number of hydrogen-bond acceptors (Lipinski definition) is 4. The number of ether oxygens (including phenoxy) is 1. The van der Waals surface area contributed by atoms with E-state index >= 15 is 0 Å². The number of anilines is 1. The fraction of sp³-hybridized carbons (Fsp3) is 0.294. The minimum absolute atomic E-state index is 0.110. The van der Waals surface area contributed by atoms with E-state index in [4.69, 9.17) is 4.74 Å². The average Bonchev–Trinajstić information content (AvgIpc) is 2.83. The number of aryl methyl sites for hydroxylation is 1. The number of nitrogens with one attached hydrogen (secondary N) is 2. The molecule has 0 saturated heterocycles. The summed E-state index contributed by atoms with van der Waals surface area (Å²) in [4.78, 5) is 26.6. The first kappa shape index (κ1) is 18.6. The number of carbonyl (C=O) groups is 2. The average molecular weight is 352 g/mol. The quantitative estimate of drug-likeness (QED) is 0.722. The van der Waals surface area contributed by atoms with Gasteiger partial charge in [0.05, 0.1) is 6.10 Å². The molecule has 1 amide bonds. The second kappa shape index (κ2) is 7.43. The van der Waals surface area contributed by atoms with Gasteiger partial charge in [-0.05, 0) is 38.5 Å². The number of halogens is 2. The van der Waals surface area contributed by atoms with Gasteiger partial charge in [0.1, 0.15) is 23.0 Å². The van der Waals surface area contributed by atoms with Crippen LogP contribution in [0.1, 0.15) is 40.3 Å². The molecule has 0 radical (unpaired) electrons. The van der Waals surface area contributed by atoms with Crippen molar-refractivity contribution in [3.05, 3.63) is 52.3 Å². The molecule has 0 fully saturated rings. The molecule has 0 aliphatic heterocycles. The van der Waals surface area contributed by atoms with Crippen LogP contribution in [0.2, 0.25) is 0 Å². The Labute approximate surface area is 142 Å². The number of hydrogen-bond donors (Lipinski definition) is 3. The van der Waals surface area contributed by atoms with Gasteiger partial charge >= 0.3 is 5.97 Å². The zero-order valence-electron chi connectivity index (χ0n) is 13.9. The van der Waals surface area contributed by atoms with Crippen molar-refractivity contribution in [3.63, 3.8) is 0 Å². The van der Waals surface area contributed by atoms with Gasteiger partial charge in [-0.3, -0.25) is 4.79 Å². The van der Waals surface area contributed by atoms with Crippen molar-refractivity contribution >= 4 is 17.6 Å². The summed E-state index contributed by atoms with van der Waals surface area (Å²) >= 11 is 0. The highest BCUT2D eigenvalue weighted by Crippen LogP contribution is 2.25. The molecular formula is C17H18F2N2O4. The molecule has 25 heavy (non-hydrogen) atoms. The highest BCUT2D eigenvalue weighted by molar-refractivity contribution is 5.95. The Morgan fingerprint density at radius 1 is 1.28 bits per heavy atom. The molecule has 0 bridgehead atoms. The third-order valence-electron chi connectivity index (χ3n) is 3.68. The van der Waals surface area contributed by atoms with Crippen LogP contribution in [0.3, 0.4) is 0 Å². The molecule has 8 heteroatoms. The molecular weight excluding hydrogens is 334 g/mol. The van der Waals surface area contributed by atoms with Crippen molar-refractivity contribution in [3.8, 4) is 0 Å². The van der Waals surface area contributed by atoms with Gasteiger partial charge in [-0.15, -0.1) is 0 Å². The van der Waals surface area contributed by atoms with Crippen molar-refractivity contribution < 1.29 is 28.2 Å². The Balaban J connectivity index is 2.03. The highest BCUT2D eigenvalue weighted by Gasteiger charge is 2.22. The molecule has 1 aromatic heterocycles. The molecule has 0 spiro atoms. The molecule has 0 saturated carbocycles. The Morgan fingerprint density at radius 3 is 2.40 bits per heavy atom. The van der Waals surface area contributed by atoms with E-state index in [1.165, 1.54) is 0 Å². The molecule has 3 N–H and O–H groups in total. The Morgan fingerprint density at radius 2 is 1.88 bits per heavy atom. The van der Waals surface area contributed by atoms with Crippen molar-refractivity contribution in [1.82, 2.24) is 4.98 Å². The van der Waals surface area contributed by atoms with Crippen LogP contribution in [0, 0.1) is 25.5 Å². The molecule has 0 unspecified atom stereocenters. The lowest BCUT2D eigenvalue weighted by Crippen LogP contribution is -2.22. The van der Waals surface area contributed by atoms with Crippen molar-refractivity contribution in [1.29, 1.82) is 0 Å². The Bertz CT molecular complexity index is 795. The minimum atomic E-state index is -0.933. The Hall–Kier alpha value is -2.74. The lowest BCUT2D eigenvalue weighted by molar-refractivity contribution is -0.119. The maximum absolute atomic E-state index is 13.5. The van der Waals surface area contributed by atoms with Crippen molar-refractivity contribution in [2.24, 2.45) is 0 Å². The maximum atomic E-state index is 13.5. The van der Waals surface area contributed by atoms with E-state index in [9.17, 15) is 23.5 Å². The van der Waals surface area contributed by atoms with Gasteiger partial charge in [-0.2, -0.15) is 0 Å². The lowest BCUT2D eigenvalue weighted by Gasteiger charge is -2.08. The molecule has 1 atom stereocenters. The zero-order chi connectivity index (χ0) is 18.7. The van der Waals surface area contributed by atoms with E-state index < -0.39 is 41.9 Å². The van der Waals surface area contributed by atoms with E-state index in [1.54, 1.807) is 20.8 Å². The van der Waals surface area contributed by atoms with E-state index in [0.29, 0.717) is 16.8 Å². The number of aromatic amines is 1. The normalized spacial score (nSPS) is 11.9. The molecule has 134 valence electrons. The van der Waals surface area contributed by atoms with E-state index in [0.717, 1.165) is 18.2 Å². The van der Waals surface area contributed by atoms with Gasteiger partial charge < -0.3 is 20.1 Å². The van der Waals surface area contributed by atoms with E-state index in [2.05, 4.69) is 4.98 Å². The number of esters is 1. The lowest BCUT2D eigenvalue weighted by atomic mass is 10.1. The standard InChI is InChI=1S/C17H18F2N2O4/c1-8-14(10(3)22)9(2)20-15(8)17(24)25-7-13(23)21-16-11(18)5-4-6-12(16)19/h4-6,10,20,22H,7H2,1-3H3,(H,21,23)/t10-/m1/s1. The number of benzene rings is 1. The number of rotatable bonds is 5. The highest BCUT2D eigenvalue weighted by atomic mass is 19.1. The number of amides is 1. The van der Waals surface area contributed by atoms with Crippen LogP contribution in [-0.4, -0.2) is 28.6 Å². The minimum Gasteiger partial charge on any atom is -0.451 e. The van der Waals surface area contributed by atoms with Gasteiger partial charge in [0.25, 0.3) is 5.91 Å². The summed E-state index contributed by atoms with van der Waals surface area (Å²) in [7, 11) is 0. The summed E-state index contributed by atoms with van der Waals surface area (Å²) in [6, 6.07) is 3.15. The summed E-state index contributed by atoms with van der Waals surface area (Å²) in [5.41, 5.74) is 1.20. The SMILES string of the molecule is Cc1[nH]c(C(=O)OCC(=O)Nc2c(F)cccc2F)c(C)c1[C@@H](C)O. The van der Waals surface area contributed by atoms with Crippen LogP contribution in [0.4, 0.5) is 14.5 Å². The first-order valence-corrected chi connectivity index (χ1v) is 7.50. The van der Waals surface area contributed by atoms with Crippen LogP contribution < -0.4 is 5.32 Å². The zero-order valence-corrected chi connectivity index (χ0v) is 13.9. The van der Waals surface area contributed by atoms with E-state index in [-0.39, 0.29) is 5.69 Å². The first-order valence-electron chi connectivity index (χ1n) is 7.50. The van der Waals surface area contributed by atoms with Gasteiger partial charge in [-0.1, -0.05) is 6.07 Å². The maximum Gasteiger partial charge on any atom is 0.355 e. The fourth-order valence-electron chi connectivity index (χ4n) is 2.59. The van der Waals surface area contributed by atoms with Gasteiger partial charge in [0.15, 0.2) is 6.61 Å². The smallest absolute Gasteiger partial charge is 0.355 e. The summed E-state index contributed by atoms with van der Waals surface area (Å²) in [6.07, 6.45) is -0.773.